The van der Waals surface area contributed by atoms with Crippen LogP contribution in [-0.4, -0.2) is 11.9 Å². The summed E-state index contributed by atoms with van der Waals surface area (Å²) in [6.45, 7) is 4.72. The molecule has 1 nitrogen and oxygen atoms in total. The molecule has 0 aliphatic heterocycles. The first-order chi connectivity index (χ1) is 9.11. The van der Waals surface area contributed by atoms with E-state index < -0.39 is 0 Å². The van der Waals surface area contributed by atoms with Crippen molar-refractivity contribution < 1.29 is 4.74 Å². The normalized spacial score (nSPS) is 27.5. The average Bonchev–Trinajstić information content (AvgIpc) is 2.41. The molecule has 106 valence electrons. The summed E-state index contributed by atoms with van der Waals surface area (Å²) in [5.74, 6) is 3.46. The second-order valence-corrected chi connectivity index (χ2v) is 7.29. The topological polar surface area (TPSA) is 9.23 Å². The average molecular weight is 325 g/mol. The van der Waals surface area contributed by atoms with E-state index in [1.807, 2.05) is 6.07 Å². The van der Waals surface area contributed by atoms with Crippen LogP contribution in [0.3, 0.4) is 0 Å². The highest BCUT2D eigenvalue weighted by molar-refractivity contribution is 9.09. The van der Waals surface area contributed by atoms with Gasteiger partial charge in [-0.3, -0.25) is 0 Å². The van der Waals surface area contributed by atoms with E-state index >= 15 is 0 Å². The number of hydrogen-bond donors (Lipinski definition) is 0. The van der Waals surface area contributed by atoms with Gasteiger partial charge in [0.05, 0.1) is 7.11 Å². The van der Waals surface area contributed by atoms with Crippen molar-refractivity contribution in [2.24, 2.45) is 17.8 Å². The van der Waals surface area contributed by atoms with E-state index in [0.717, 1.165) is 29.9 Å². The van der Waals surface area contributed by atoms with Crippen molar-refractivity contribution in [1.82, 2.24) is 0 Å². The van der Waals surface area contributed by atoms with Gasteiger partial charge in [-0.05, 0) is 55.1 Å². The Hall–Kier alpha value is -0.500. The molecule has 1 fully saturated rings. The third-order valence-corrected chi connectivity index (χ3v) is 5.75. The smallest absolute Gasteiger partial charge is 0.122 e. The summed E-state index contributed by atoms with van der Waals surface area (Å²) < 4.78 is 5.48. The van der Waals surface area contributed by atoms with Crippen LogP contribution in [0, 0.1) is 17.8 Å². The van der Waals surface area contributed by atoms with Crippen molar-refractivity contribution in [3.8, 4) is 5.75 Å². The fourth-order valence-electron chi connectivity index (χ4n) is 3.23. The lowest BCUT2D eigenvalue weighted by Gasteiger charge is -2.35. The molecule has 0 bridgehead atoms. The largest absolute Gasteiger partial charge is 0.496 e. The van der Waals surface area contributed by atoms with Crippen molar-refractivity contribution >= 4 is 15.9 Å². The maximum Gasteiger partial charge on any atom is 0.122 e. The highest BCUT2D eigenvalue weighted by atomic mass is 79.9. The Bertz CT molecular complexity index is 402. The SMILES string of the molecule is COc1ccccc1CC1CC(C(C)C)CCC1Br. The Morgan fingerprint density at radius 2 is 2.00 bits per heavy atom. The van der Waals surface area contributed by atoms with Crippen LogP contribution in [0.2, 0.25) is 0 Å². The third-order valence-electron chi connectivity index (χ3n) is 4.55. The van der Waals surface area contributed by atoms with E-state index in [9.17, 15) is 0 Å². The molecule has 0 radical (unpaired) electrons. The molecule has 0 heterocycles. The standard InChI is InChI=1S/C17H25BrO/c1-12(2)13-8-9-16(18)15(10-13)11-14-6-4-5-7-17(14)19-3/h4-7,12-13,15-16H,8-11H2,1-3H3. The van der Waals surface area contributed by atoms with Gasteiger partial charge in [-0.25, -0.2) is 0 Å². The van der Waals surface area contributed by atoms with Crippen LogP contribution in [0.4, 0.5) is 0 Å². The van der Waals surface area contributed by atoms with Gasteiger partial charge in [0.1, 0.15) is 5.75 Å². The lowest BCUT2D eigenvalue weighted by Crippen LogP contribution is -2.29. The number of benzene rings is 1. The molecule has 0 N–H and O–H groups in total. The molecule has 1 saturated carbocycles. The second-order valence-electron chi connectivity index (χ2n) is 6.11. The zero-order chi connectivity index (χ0) is 13.8. The van der Waals surface area contributed by atoms with Crippen LogP contribution >= 0.6 is 15.9 Å². The summed E-state index contributed by atoms with van der Waals surface area (Å²) in [5.41, 5.74) is 1.35. The molecular weight excluding hydrogens is 300 g/mol. The van der Waals surface area contributed by atoms with Crippen molar-refractivity contribution in [3.63, 3.8) is 0 Å². The fourth-order valence-corrected chi connectivity index (χ4v) is 3.90. The first kappa shape index (κ1) is 14.9. The predicted octanol–water partition coefficient (Wildman–Crippen LogP) is 5.07. The van der Waals surface area contributed by atoms with Gasteiger partial charge < -0.3 is 4.74 Å². The fraction of sp³-hybridized carbons (Fsp3) is 0.647. The minimum atomic E-state index is 0.660. The lowest BCUT2D eigenvalue weighted by atomic mass is 9.74. The second kappa shape index (κ2) is 6.78. The Balaban J connectivity index is 2.07. The molecule has 3 atom stereocenters. The maximum absolute atomic E-state index is 5.48. The molecule has 0 spiro atoms. The quantitative estimate of drug-likeness (QED) is 0.702. The Morgan fingerprint density at radius 1 is 1.26 bits per heavy atom. The molecule has 19 heavy (non-hydrogen) atoms. The number of rotatable bonds is 4. The molecule has 2 heteroatoms. The van der Waals surface area contributed by atoms with Crippen molar-refractivity contribution in [2.45, 2.75) is 44.4 Å². The summed E-state index contributed by atoms with van der Waals surface area (Å²) in [6.07, 6.45) is 5.15. The van der Waals surface area contributed by atoms with E-state index in [2.05, 4.69) is 48.0 Å². The molecule has 1 aromatic carbocycles. The number of para-hydroxylation sites is 1. The zero-order valence-corrected chi connectivity index (χ0v) is 13.8. The molecule has 1 aliphatic carbocycles. The molecule has 0 amide bonds. The zero-order valence-electron chi connectivity index (χ0n) is 12.2. The van der Waals surface area contributed by atoms with E-state index in [1.165, 1.54) is 24.8 Å². The van der Waals surface area contributed by atoms with E-state index in [4.69, 9.17) is 4.74 Å². The van der Waals surface area contributed by atoms with Gasteiger partial charge in [-0.1, -0.05) is 48.0 Å². The summed E-state index contributed by atoms with van der Waals surface area (Å²) in [6, 6.07) is 8.44. The Kier molecular flexibility index (Phi) is 5.32. The van der Waals surface area contributed by atoms with Crippen LogP contribution in [0.15, 0.2) is 24.3 Å². The first-order valence-electron chi connectivity index (χ1n) is 7.37. The van der Waals surface area contributed by atoms with Gasteiger partial charge in [0.25, 0.3) is 0 Å². The highest BCUT2D eigenvalue weighted by Gasteiger charge is 2.30. The van der Waals surface area contributed by atoms with Gasteiger partial charge in [-0.2, -0.15) is 0 Å². The van der Waals surface area contributed by atoms with E-state index in [-0.39, 0.29) is 0 Å². The molecule has 0 aromatic heterocycles. The monoisotopic (exact) mass is 324 g/mol. The Morgan fingerprint density at radius 3 is 2.68 bits per heavy atom. The van der Waals surface area contributed by atoms with Crippen LogP contribution in [0.1, 0.15) is 38.7 Å². The molecule has 1 aliphatic rings. The van der Waals surface area contributed by atoms with Crippen LogP contribution in [0.5, 0.6) is 5.75 Å². The van der Waals surface area contributed by atoms with Gasteiger partial charge >= 0.3 is 0 Å². The molecule has 1 aromatic rings. The Labute approximate surface area is 125 Å². The highest BCUT2D eigenvalue weighted by Crippen LogP contribution is 2.39. The maximum atomic E-state index is 5.48. The summed E-state index contributed by atoms with van der Waals surface area (Å²) in [7, 11) is 1.77. The minimum Gasteiger partial charge on any atom is -0.496 e. The van der Waals surface area contributed by atoms with Gasteiger partial charge in [-0.15, -0.1) is 0 Å². The minimum absolute atomic E-state index is 0.660. The third kappa shape index (κ3) is 3.75. The summed E-state index contributed by atoms with van der Waals surface area (Å²) in [5, 5.41) is 0. The first-order valence-corrected chi connectivity index (χ1v) is 8.29. The molecule has 3 unspecified atom stereocenters. The molecule has 2 rings (SSSR count). The molecule has 0 saturated heterocycles. The summed E-state index contributed by atoms with van der Waals surface area (Å²) in [4.78, 5) is 0.660. The lowest BCUT2D eigenvalue weighted by molar-refractivity contribution is 0.222. The van der Waals surface area contributed by atoms with Gasteiger partial charge in [0.15, 0.2) is 0 Å². The number of methoxy groups -OCH3 is 1. The summed E-state index contributed by atoms with van der Waals surface area (Å²) >= 11 is 3.89. The van der Waals surface area contributed by atoms with E-state index in [1.54, 1.807) is 7.11 Å². The molecular formula is C17H25BrO. The van der Waals surface area contributed by atoms with Crippen molar-refractivity contribution in [1.29, 1.82) is 0 Å². The van der Waals surface area contributed by atoms with Gasteiger partial charge in [0, 0.05) is 4.83 Å². The van der Waals surface area contributed by atoms with Crippen molar-refractivity contribution in [3.05, 3.63) is 29.8 Å². The van der Waals surface area contributed by atoms with E-state index in [0.29, 0.717) is 4.83 Å². The van der Waals surface area contributed by atoms with Gasteiger partial charge in [0.2, 0.25) is 0 Å². The van der Waals surface area contributed by atoms with Crippen LogP contribution in [-0.2, 0) is 6.42 Å². The number of hydrogen-bond acceptors (Lipinski definition) is 1. The predicted molar refractivity (Wildman–Crippen MR) is 85.1 cm³/mol. The van der Waals surface area contributed by atoms with Crippen molar-refractivity contribution in [2.75, 3.05) is 7.11 Å². The number of halogens is 1. The van der Waals surface area contributed by atoms with Crippen LogP contribution < -0.4 is 4.74 Å². The van der Waals surface area contributed by atoms with Crippen LogP contribution in [0.25, 0.3) is 0 Å². The number of alkyl halides is 1. The number of ether oxygens (including phenoxy) is 1.